The molecule has 0 aliphatic rings. The fraction of sp³-hybridized carbons (Fsp3) is 0.0909. The Morgan fingerprint density at radius 1 is 1.56 bits per heavy atom. The summed E-state index contributed by atoms with van der Waals surface area (Å²) in [5.41, 5.74) is 1.22. The molecule has 5 heteroatoms. The van der Waals surface area contributed by atoms with Gasteiger partial charge in [0.1, 0.15) is 11.3 Å². The van der Waals surface area contributed by atoms with Crippen molar-refractivity contribution in [3.63, 3.8) is 0 Å². The van der Waals surface area contributed by atoms with Crippen LogP contribution in [0.25, 0.3) is 17.2 Å². The van der Waals surface area contributed by atoms with Gasteiger partial charge < -0.3 is 14.3 Å². The minimum Gasteiger partial charge on any atom is -0.497 e. The number of hydrogen-bond donors (Lipinski definition) is 1. The van der Waals surface area contributed by atoms with E-state index in [4.69, 9.17) is 14.3 Å². The van der Waals surface area contributed by atoms with Gasteiger partial charge in [0.15, 0.2) is 5.58 Å². The van der Waals surface area contributed by atoms with Gasteiger partial charge in [0, 0.05) is 18.2 Å². The third-order valence-electron chi connectivity index (χ3n) is 1.98. The number of aromatic nitrogens is 1. The first-order valence-corrected chi connectivity index (χ1v) is 4.54. The summed E-state index contributed by atoms with van der Waals surface area (Å²) in [5, 5.41) is 8.46. The molecule has 0 fully saturated rings. The average Bonchev–Trinajstić information content (AvgIpc) is 2.67. The first kappa shape index (κ1) is 10.2. The third-order valence-corrected chi connectivity index (χ3v) is 1.98. The molecular formula is C11H9NO4. The summed E-state index contributed by atoms with van der Waals surface area (Å²) < 4.78 is 10.3. The largest absolute Gasteiger partial charge is 0.497 e. The van der Waals surface area contributed by atoms with E-state index in [1.54, 1.807) is 25.3 Å². The quantitative estimate of drug-likeness (QED) is 0.798. The summed E-state index contributed by atoms with van der Waals surface area (Å²) in [5.74, 6) is -0.122. The van der Waals surface area contributed by atoms with Gasteiger partial charge in [-0.3, -0.25) is 0 Å². The Bertz CT molecular complexity index is 556. The number of methoxy groups -OCH3 is 1. The highest BCUT2D eigenvalue weighted by Crippen LogP contribution is 2.21. The van der Waals surface area contributed by atoms with E-state index >= 15 is 0 Å². The maximum absolute atomic E-state index is 10.3. The Kier molecular flexibility index (Phi) is 2.59. The molecule has 1 aromatic carbocycles. The van der Waals surface area contributed by atoms with Crippen LogP contribution in [0.1, 0.15) is 5.89 Å². The molecule has 2 aromatic rings. The maximum Gasteiger partial charge on any atom is 0.328 e. The van der Waals surface area contributed by atoms with Gasteiger partial charge in [-0.15, -0.1) is 0 Å². The zero-order valence-electron chi connectivity index (χ0n) is 8.51. The Labute approximate surface area is 91.0 Å². The summed E-state index contributed by atoms with van der Waals surface area (Å²) in [6, 6.07) is 5.20. The van der Waals surface area contributed by atoms with Gasteiger partial charge in [-0.2, -0.15) is 0 Å². The highest BCUT2D eigenvalue weighted by molar-refractivity contribution is 5.85. The molecule has 0 bridgehead atoms. The first-order chi connectivity index (χ1) is 7.69. The molecule has 0 aliphatic heterocycles. The molecule has 16 heavy (non-hydrogen) atoms. The fourth-order valence-electron chi connectivity index (χ4n) is 1.26. The second-order valence-corrected chi connectivity index (χ2v) is 3.06. The van der Waals surface area contributed by atoms with Crippen molar-refractivity contribution in [1.29, 1.82) is 0 Å². The minimum absolute atomic E-state index is 0.255. The standard InChI is InChI=1S/C11H9NO4/c1-15-7-2-3-8-9(6-7)16-10(12-8)4-5-11(13)14/h2-6H,1H3,(H,13,14)/b5-4+. The predicted octanol–water partition coefficient (Wildman–Crippen LogP) is 1.93. The summed E-state index contributed by atoms with van der Waals surface area (Å²) >= 11 is 0. The molecule has 0 saturated carbocycles. The molecule has 0 saturated heterocycles. The Balaban J connectivity index is 2.40. The van der Waals surface area contributed by atoms with Crippen LogP contribution in [0, 0.1) is 0 Å². The van der Waals surface area contributed by atoms with Crippen molar-refractivity contribution in [3.05, 3.63) is 30.2 Å². The van der Waals surface area contributed by atoms with E-state index in [1.165, 1.54) is 6.08 Å². The molecule has 0 radical (unpaired) electrons. The third kappa shape index (κ3) is 2.03. The highest BCUT2D eigenvalue weighted by Gasteiger charge is 2.04. The molecule has 2 rings (SSSR count). The zero-order chi connectivity index (χ0) is 11.5. The number of carboxylic acids is 1. The van der Waals surface area contributed by atoms with Crippen LogP contribution >= 0.6 is 0 Å². The zero-order valence-corrected chi connectivity index (χ0v) is 8.51. The summed E-state index contributed by atoms with van der Waals surface area (Å²) in [7, 11) is 1.56. The second kappa shape index (κ2) is 4.06. The van der Waals surface area contributed by atoms with E-state index in [2.05, 4.69) is 4.98 Å². The normalized spacial score (nSPS) is 11.1. The maximum atomic E-state index is 10.3. The van der Waals surface area contributed by atoms with E-state index in [0.717, 1.165) is 6.08 Å². The van der Waals surface area contributed by atoms with Crippen LogP contribution in [0.5, 0.6) is 5.75 Å². The number of carbonyl (C=O) groups is 1. The number of nitrogens with zero attached hydrogens (tertiary/aromatic N) is 1. The van der Waals surface area contributed by atoms with Crippen molar-refractivity contribution in [2.75, 3.05) is 7.11 Å². The molecular weight excluding hydrogens is 210 g/mol. The summed E-state index contributed by atoms with van der Waals surface area (Å²) in [4.78, 5) is 14.4. The smallest absolute Gasteiger partial charge is 0.328 e. The van der Waals surface area contributed by atoms with Crippen molar-refractivity contribution in [1.82, 2.24) is 4.98 Å². The van der Waals surface area contributed by atoms with Gasteiger partial charge in [-0.05, 0) is 12.1 Å². The Morgan fingerprint density at radius 3 is 3.06 bits per heavy atom. The molecule has 0 spiro atoms. The Hall–Kier alpha value is -2.30. The van der Waals surface area contributed by atoms with E-state index < -0.39 is 5.97 Å². The lowest BCUT2D eigenvalue weighted by Gasteiger charge is -1.95. The van der Waals surface area contributed by atoms with Crippen LogP contribution in [-0.4, -0.2) is 23.2 Å². The van der Waals surface area contributed by atoms with Gasteiger partial charge in [0.2, 0.25) is 5.89 Å². The van der Waals surface area contributed by atoms with Gasteiger partial charge in [0.25, 0.3) is 0 Å². The van der Waals surface area contributed by atoms with E-state index in [0.29, 0.717) is 16.8 Å². The van der Waals surface area contributed by atoms with Crippen LogP contribution in [0.3, 0.4) is 0 Å². The van der Waals surface area contributed by atoms with Crippen LogP contribution in [0.2, 0.25) is 0 Å². The lowest BCUT2D eigenvalue weighted by Crippen LogP contribution is -1.85. The molecule has 1 N–H and O–H groups in total. The lowest BCUT2D eigenvalue weighted by atomic mass is 10.3. The lowest BCUT2D eigenvalue weighted by molar-refractivity contribution is -0.131. The number of carboxylic acid groups (broad SMARTS) is 1. The molecule has 82 valence electrons. The summed E-state index contributed by atoms with van der Waals surface area (Å²) in [6.07, 6.45) is 2.27. The van der Waals surface area contributed by atoms with Crippen molar-refractivity contribution >= 4 is 23.1 Å². The molecule has 1 heterocycles. The average molecular weight is 219 g/mol. The van der Waals surface area contributed by atoms with E-state index in [1.807, 2.05) is 0 Å². The highest BCUT2D eigenvalue weighted by atomic mass is 16.5. The van der Waals surface area contributed by atoms with E-state index in [-0.39, 0.29) is 5.89 Å². The van der Waals surface area contributed by atoms with Crippen molar-refractivity contribution in [2.24, 2.45) is 0 Å². The first-order valence-electron chi connectivity index (χ1n) is 4.54. The van der Waals surface area contributed by atoms with Gasteiger partial charge in [-0.25, -0.2) is 9.78 Å². The molecule has 5 nitrogen and oxygen atoms in total. The second-order valence-electron chi connectivity index (χ2n) is 3.06. The number of hydrogen-bond acceptors (Lipinski definition) is 4. The fourth-order valence-corrected chi connectivity index (χ4v) is 1.26. The molecule has 0 aliphatic carbocycles. The van der Waals surface area contributed by atoms with Crippen LogP contribution in [0.15, 0.2) is 28.7 Å². The number of ether oxygens (including phenoxy) is 1. The SMILES string of the molecule is COc1ccc2nc(/C=C/C(=O)O)oc2c1. The molecule has 0 unspecified atom stereocenters. The monoisotopic (exact) mass is 219 g/mol. The van der Waals surface area contributed by atoms with E-state index in [9.17, 15) is 4.79 Å². The van der Waals surface area contributed by atoms with Crippen molar-refractivity contribution in [3.8, 4) is 5.75 Å². The van der Waals surface area contributed by atoms with Crippen LogP contribution in [0.4, 0.5) is 0 Å². The summed E-state index contributed by atoms with van der Waals surface area (Å²) in [6.45, 7) is 0. The number of fused-ring (bicyclic) bond motifs is 1. The van der Waals surface area contributed by atoms with Crippen LogP contribution < -0.4 is 4.74 Å². The van der Waals surface area contributed by atoms with Gasteiger partial charge >= 0.3 is 5.97 Å². The topological polar surface area (TPSA) is 72.6 Å². The number of rotatable bonds is 3. The van der Waals surface area contributed by atoms with Crippen molar-refractivity contribution in [2.45, 2.75) is 0 Å². The number of oxazole rings is 1. The molecule has 0 amide bonds. The van der Waals surface area contributed by atoms with Crippen LogP contribution in [-0.2, 0) is 4.79 Å². The number of benzene rings is 1. The molecule has 0 atom stereocenters. The minimum atomic E-state index is -1.04. The predicted molar refractivity (Wildman–Crippen MR) is 57.2 cm³/mol. The number of aliphatic carboxylic acids is 1. The Morgan fingerprint density at radius 2 is 2.38 bits per heavy atom. The van der Waals surface area contributed by atoms with Gasteiger partial charge in [0.05, 0.1) is 7.11 Å². The van der Waals surface area contributed by atoms with Crippen molar-refractivity contribution < 1.29 is 19.1 Å². The van der Waals surface area contributed by atoms with Gasteiger partial charge in [-0.1, -0.05) is 0 Å². The molecule has 1 aromatic heterocycles.